The summed E-state index contributed by atoms with van der Waals surface area (Å²) in [5.41, 5.74) is 0.222. The van der Waals surface area contributed by atoms with E-state index in [9.17, 15) is 4.79 Å². The highest BCUT2D eigenvalue weighted by atomic mass is 16.2. The van der Waals surface area contributed by atoms with E-state index in [-0.39, 0.29) is 17.6 Å². The summed E-state index contributed by atoms with van der Waals surface area (Å²) >= 11 is 0. The van der Waals surface area contributed by atoms with E-state index in [1.807, 2.05) is 0 Å². The zero-order chi connectivity index (χ0) is 13.2. The second-order valence-corrected chi connectivity index (χ2v) is 5.85. The summed E-state index contributed by atoms with van der Waals surface area (Å²) in [6.45, 7) is 8.78. The van der Waals surface area contributed by atoms with Crippen LogP contribution in [0.1, 0.15) is 33.6 Å². The number of hydrogen-bond acceptors (Lipinski definition) is 3. The third-order valence-electron chi connectivity index (χ3n) is 3.51. The van der Waals surface area contributed by atoms with Gasteiger partial charge in [-0.1, -0.05) is 0 Å². The van der Waals surface area contributed by atoms with Gasteiger partial charge in [0.2, 0.25) is 0 Å². The molecule has 0 unspecified atom stereocenters. The van der Waals surface area contributed by atoms with E-state index in [0.717, 1.165) is 25.9 Å². The maximum atomic E-state index is 11.9. The molecule has 1 aliphatic heterocycles. The van der Waals surface area contributed by atoms with Gasteiger partial charge in [0.05, 0.1) is 0 Å². The third-order valence-corrected chi connectivity index (χ3v) is 3.51. The number of hydrogen-bond donors (Lipinski definition) is 1. The summed E-state index contributed by atoms with van der Waals surface area (Å²) in [7, 11) is 0. The van der Waals surface area contributed by atoms with Crippen LogP contribution in [0.4, 0.5) is 4.79 Å². The molecule has 18 heavy (non-hydrogen) atoms. The van der Waals surface area contributed by atoms with Crippen LogP contribution in [0, 0.1) is 0 Å². The summed E-state index contributed by atoms with van der Waals surface area (Å²) in [4.78, 5) is 18.2. The molecule has 5 heteroatoms. The van der Waals surface area contributed by atoms with E-state index in [4.69, 9.17) is 0 Å². The average Bonchev–Trinajstić information content (AvgIpc) is 2.82. The van der Waals surface area contributed by atoms with Crippen LogP contribution in [0.5, 0.6) is 0 Å². The van der Waals surface area contributed by atoms with Crippen LogP contribution in [0.25, 0.3) is 0 Å². The Kier molecular flexibility index (Phi) is 3.71. The predicted octanol–water partition coefficient (Wildman–Crippen LogP) is 1.70. The molecule has 0 radical (unpaired) electrons. The Morgan fingerprint density at radius 2 is 2.00 bits per heavy atom. The normalized spacial score (nSPS) is 18.8. The first kappa shape index (κ1) is 13.1. The first-order valence-electron chi connectivity index (χ1n) is 6.51. The molecule has 0 aromatic carbocycles. The molecule has 0 aliphatic carbocycles. The van der Waals surface area contributed by atoms with Gasteiger partial charge in [-0.05, 0) is 33.6 Å². The number of amides is 1. The van der Waals surface area contributed by atoms with Crippen molar-refractivity contribution < 1.29 is 4.79 Å². The largest absolute Gasteiger partial charge is 0.335 e. The molecule has 1 fully saturated rings. The Hall–Kier alpha value is -1.36. The molecule has 1 saturated heterocycles. The maximum Gasteiger partial charge on any atom is 0.327 e. The summed E-state index contributed by atoms with van der Waals surface area (Å²) in [6, 6.07) is 0.195. The van der Waals surface area contributed by atoms with Gasteiger partial charge in [-0.15, -0.1) is 0 Å². The zero-order valence-corrected chi connectivity index (χ0v) is 11.4. The van der Waals surface area contributed by atoms with Crippen molar-refractivity contribution in [3.05, 3.63) is 18.7 Å². The molecule has 1 aromatic rings. The Bertz CT molecular complexity index is 386. The van der Waals surface area contributed by atoms with Crippen LogP contribution in [-0.2, 0) is 0 Å². The van der Waals surface area contributed by atoms with Crippen molar-refractivity contribution in [1.82, 2.24) is 19.8 Å². The van der Waals surface area contributed by atoms with Crippen LogP contribution in [0.15, 0.2) is 18.7 Å². The first-order chi connectivity index (χ1) is 8.47. The number of rotatable bonds is 1. The lowest BCUT2D eigenvalue weighted by atomic mass is 9.98. The van der Waals surface area contributed by atoms with Gasteiger partial charge in [-0.3, -0.25) is 9.47 Å². The average molecular weight is 250 g/mol. The van der Waals surface area contributed by atoms with Crippen molar-refractivity contribution in [3.8, 4) is 0 Å². The molecule has 5 nitrogen and oxygen atoms in total. The topological polar surface area (TPSA) is 50.2 Å². The van der Waals surface area contributed by atoms with E-state index in [1.54, 1.807) is 12.4 Å². The van der Waals surface area contributed by atoms with Crippen LogP contribution in [0.2, 0.25) is 0 Å². The lowest BCUT2D eigenvalue weighted by molar-refractivity contribution is 0.0978. The van der Waals surface area contributed by atoms with Crippen molar-refractivity contribution in [3.63, 3.8) is 0 Å². The van der Waals surface area contributed by atoms with E-state index >= 15 is 0 Å². The standard InChI is InChI=1S/C13H22N4O/c1-13(2,3)17-7-4-11(5-8-17)15-12(18)16-9-6-14-10-16/h6,9-11H,4-5,7-8H2,1-3H3,(H,15,18). The van der Waals surface area contributed by atoms with Crippen molar-refractivity contribution in [2.75, 3.05) is 13.1 Å². The van der Waals surface area contributed by atoms with E-state index < -0.39 is 0 Å². The number of carbonyl (C=O) groups is 1. The molecule has 1 N–H and O–H groups in total. The third kappa shape index (κ3) is 3.10. The molecule has 0 atom stereocenters. The number of piperidine rings is 1. The van der Waals surface area contributed by atoms with Gasteiger partial charge in [0.25, 0.3) is 0 Å². The molecule has 0 saturated carbocycles. The molecule has 1 amide bonds. The van der Waals surface area contributed by atoms with Crippen molar-refractivity contribution in [2.24, 2.45) is 0 Å². The number of imidazole rings is 1. The molecule has 0 spiro atoms. The lowest BCUT2D eigenvalue weighted by Gasteiger charge is -2.40. The van der Waals surface area contributed by atoms with Crippen LogP contribution in [-0.4, -0.2) is 45.2 Å². The molecule has 100 valence electrons. The second-order valence-electron chi connectivity index (χ2n) is 5.85. The van der Waals surface area contributed by atoms with Crippen molar-refractivity contribution in [2.45, 2.75) is 45.2 Å². The Labute approximate surface area is 108 Å². The highest BCUT2D eigenvalue weighted by molar-refractivity contribution is 5.76. The SMILES string of the molecule is CC(C)(C)N1CCC(NC(=O)n2ccnc2)CC1. The van der Waals surface area contributed by atoms with Gasteiger partial charge in [0.15, 0.2) is 0 Å². The minimum atomic E-state index is -0.0818. The highest BCUT2D eigenvalue weighted by Gasteiger charge is 2.27. The minimum Gasteiger partial charge on any atom is -0.335 e. The fourth-order valence-corrected chi connectivity index (χ4v) is 2.32. The second kappa shape index (κ2) is 5.10. The van der Waals surface area contributed by atoms with Crippen LogP contribution < -0.4 is 5.32 Å². The minimum absolute atomic E-state index is 0.0818. The van der Waals surface area contributed by atoms with Gasteiger partial charge in [0, 0.05) is 37.1 Å². The fraction of sp³-hybridized carbons (Fsp3) is 0.692. The van der Waals surface area contributed by atoms with Crippen LogP contribution in [0.3, 0.4) is 0 Å². The van der Waals surface area contributed by atoms with E-state index in [2.05, 4.69) is 36.0 Å². The molecule has 1 aromatic heterocycles. The van der Waals surface area contributed by atoms with E-state index in [1.165, 1.54) is 10.9 Å². The van der Waals surface area contributed by atoms with E-state index in [0.29, 0.717) is 0 Å². The fourth-order valence-electron chi connectivity index (χ4n) is 2.32. The van der Waals surface area contributed by atoms with Gasteiger partial charge < -0.3 is 5.32 Å². The molecule has 1 aliphatic rings. The van der Waals surface area contributed by atoms with Crippen LogP contribution >= 0.6 is 0 Å². The Morgan fingerprint density at radius 3 is 2.50 bits per heavy atom. The maximum absolute atomic E-state index is 11.9. The molecule has 0 bridgehead atoms. The van der Waals surface area contributed by atoms with Gasteiger partial charge in [-0.2, -0.15) is 0 Å². The summed E-state index contributed by atoms with van der Waals surface area (Å²) < 4.78 is 1.48. The molecule has 2 rings (SSSR count). The first-order valence-corrected chi connectivity index (χ1v) is 6.51. The Morgan fingerprint density at radius 1 is 1.33 bits per heavy atom. The molecule has 2 heterocycles. The predicted molar refractivity (Wildman–Crippen MR) is 70.5 cm³/mol. The number of nitrogens with one attached hydrogen (secondary N) is 1. The molecular formula is C13H22N4O. The summed E-state index contributed by atoms with van der Waals surface area (Å²) in [5.74, 6) is 0. The number of nitrogens with zero attached hydrogens (tertiary/aromatic N) is 3. The number of likely N-dealkylation sites (tertiary alicyclic amines) is 1. The number of aromatic nitrogens is 2. The van der Waals surface area contributed by atoms with Gasteiger partial charge >= 0.3 is 6.03 Å². The van der Waals surface area contributed by atoms with Crippen molar-refractivity contribution in [1.29, 1.82) is 0 Å². The highest BCUT2D eigenvalue weighted by Crippen LogP contribution is 2.20. The van der Waals surface area contributed by atoms with Gasteiger partial charge in [0.1, 0.15) is 6.33 Å². The monoisotopic (exact) mass is 250 g/mol. The summed E-state index contributed by atoms with van der Waals surface area (Å²) in [5, 5.41) is 3.05. The zero-order valence-electron chi connectivity index (χ0n) is 11.4. The smallest absolute Gasteiger partial charge is 0.327 e. The Balaban J connectivity index is 1.82. The van der Waals surface area contributed by atoms with Gasteiger partial charge in [-0.25, -0.2) is 9.78 Å². The number of carbonyl (C=O) groups excluding carboxylic acids is 1. The molecular weight excluding hydrogens is 228 g/mol. The summed E-state index contributed by atoms with van der Waals surface area (Å²) in [6.07, 6.45) is 6.83. The lowest BCUT2D eigenvalue weighted by Crippen LogP contribution is -2.51. The quantitative estimate of drug-likeness (QED) is 0.825. The van der Waals surface area contributed by atoms with Crippen molar-refractivity contribution >= 4 is 6.03 Å².